The molecule has 4 heterocycles. The van der Waals surface area contributed by atoms with E-state index in [1.807, 2.05) is 17.0 Å². The number of thiazole rings is 2. The van der Waals surface area contributed by atoms with Crippen LogP contribution in [0.4, 0.5) is 5.13 Å². The monoisotopic (exact) mass is 596 g/mol. The Bertz CT molecular complexity index is 549. The van der Waals surface area contributed by atoms with Crippen molar-refractivity contribution < 1.29 is 53.5 Å². The van der Waals surface area contributed by atoms with E-state index in [1.54, 1.807) is 28.9 Å². The number of anilines is 1. The maximum atomic E-state index is 4.29. The summed E-state index contributed by atoms with van der Waals surface area (Å²) in [6.07, 6.45) is 3.63. The average Bonchev–Trinajstić information content (AvgIpc) is 3.31. The Kier molecular flexibility index (Phi) is 17.6. The van der Waals surface area contributed by atoms with Gasteiger partial charge in [-0.25, -0.2) is 9.97 Å². The van der Waals surface area contributed by atoms with Crippen molar-refractivity contribution >= 4 is 43.7 Å². The van der Waals surface area contributed by atoms with Crippen LogP contribution in [0.25, 0.3) is 0 Å². The number of hydrogen-bond acceptors (Lipinski definition) is 8. The molecule has 2 saturated heterocycles. The van der Waals surface area contributed by atoms with Gasteiger partial charge in [-0.1, -0.05) is 0 Å². The summed E-state index contributed by atoms with van der Waals surface area (Å²) in [5, 5.41) is 8.40. The van der Waals surface area contributed by atoms with E-state index in [9.17, 15) is 0 Å². The molecule has 0 amide bonds. The summed E-state index contributed by atoms with van der Waals surface area (Å²) in [4.78, 5) is 15.2. The van der Waals surface area contributed by atoms with E-state index in [1.165, 1.54) is 18.2 Å². The van der Waals surface area contributed by atoms with Crippen molar-refractivity contribution in [3.63, 3.8) is 0 Å². The maximum Gasteiger partial charge on any atom is 1.00 e. The molecule has 0 aliphatic carbocycles. The van der Waals surface area contributed by atoms with Gasteiger partial charge in [0, 0.05) is 75.5 Å². The van der Waals surface area contributed by atoms with Crippen LogP contribution in [0.1, 0.15) is 0 Å². The topological polar surface area (TPSA) is 47.5 Å². The van der Waals surface area contributed by atoms with Crippen LogP contribution in [0.2, 0.25) is 0 Å². The molecular weight excluding hydrogens is 570 g/mol. The second-order valence-electron chi connectivity index (χ2n) is 5.94. The second kappa shape index (κ2) is 16.9. The van der Waals surface area contributed by atoms with Crippen LogP contribution in [0.3, 0.4) is 0 Å². The Hall–Kier alpha value is 1.15. The van der Waals surface area contributed by atoms with E-state index in [-0.39, 0.29) is 53.5 Å². The number of hydrogen-bond donors (Lipinski definition) is 1. The summed E-state index contributed by atoms with van der Waals surface area (Å²) in [5.74, 6) is 0. The van der Waals surface area contributed by atoms with Crippen molar-refractivity contribution in [2.24, 2.45) is 0 Å². The van der Waals surface area contributed by atoms with E-state index in [4.69, 9.17) is 0 Å². The van der Waals surface area contributed by atoms with Crippen molar-refractivity contribution in [3.05, 3.63) is 27.1 Å². The van der Waals surface area contributed by atoms with E-state index < -0.39 is 0 Å². The van der Waals surface area contributed by atoms with Gasteiger partial charge in [0.15, 0.2) is 9.05 Å². The molecule has 0 bridgehead atoms. The molecular formula is C16H27BrIN6NaS2. The van der Waals surface area contributed by atoms with Crippen LogP contribution in [0.5, 0.6) is 0 Å². The molecule has 0 aromatic carbocycles. The molecule has 148 valence electrons. The van der Waals surface area contributed by atoms with Gasteiger partial charge in [-0.05, 0) is 30.0 Å². The van der Waals surface area contributed by atoms with Gasteiger partial charge in [-0.3, -0.25) is 0 Å². The molecule has 2 aliphatic rings. The standard InChI is InChI=1S/C8H13N3S.C5H12N2.C3H2BrNS.HI.Na/c1-10-3-5-11(6-4-10)8-9-2-7-12-8;1-7-4-2-6-3-5-7;4-3-5-1-2-6-3;;/h2,7H,3-6H2,1H3;6H,2-5H2,1H3;1-2H;1H;/q;;;;+1/p-1. The smallest absolute Gasteiger partial charge is 1.00 e. The van der Waals surface area contributed by atoms with Crippen LogP contribution in [-0.4, -0.2) is 86.2 Å². The number of nitrogens with zero attached hydrogens (tertiary/aromatic N) is 5. The third-order valence-electron chi connectivity index (χ3n) is 3.94. The Labute approximate surface area is 218 Å². The average molecular weight is 597 g/mol. The van der Waals surface area contributed by atoms with Gasteiger partial charge in [-0.2, -0.15) is 0 Å². The maximum absolute atomic E-state index is 4.29. The van der Waals surface area contributed by atoms with E-state index in [2.05, 4.69) is 60.0 Å². The Morgan fingerprint density at radius 3 is 1.81 bits per heavy atom. The van der Waals surface area contributed by atoms with Gasteiger partial charge in [0.1, 0.15) is 0 Å². The molecule has 0 saturated carbocycles. The normalized spacial score (nSPS) is 17.4. The first-order valence-electron chi connectivity index (χ1n) is 8.42. The van der Waals surface area contributed by atoms with Crippen LogP contribution in [0, 0.1) is 0 Å². The minimum Gasteiger partial charge on any atom is -1.00 e. The molecule has 0 atom stereocenters. The fraction of sp³-hybridized carbons (Fsp3) is 0.625. The third-order valence-corrected chi connectivity index (χ3v) is 6.09. The molecule has 2 aromatic heterocycles. The van der Waals surface area contributed by atoms with Gasteiger partial charge >= 0.3 is 29.6 Å². The van der Waals surface area contributed by atoms with Gasteiger partial charge in [-0.15, -0.1) is 22.7 Å². The zero-order chi connectivity index (χ0) is 17.9. The molecule has 0 unspecified atom stereocenters. The molecule has 6 nitrogen and oxygen atoms in total. The van der Waals surface area contributed by atoms with Gasteiger partial charge in [0.2, 0.25) is 0 Å². The zero-order valence-corrected chi connectivity index (χ0v) is 23.7. The van der Waals surface area contributed by atoms with Gasteiger partial charge < -0.3 is 44.0 Å². The van der Waals surface area contributed by atoms with Gasteiger partial charge in [0.05, 0.1) is 0 Å². The predicted molar refractivity (Wildman–Crippen MR) is 112 cm³/mol. The number of likely N-dealkylation sites (N-methyl/N-ethyl adjacent to an activating group) is 2. The third kappa shape index (κ3) is 12.4. The number of piperazine rings is 2. The summed E-state index contributed by atoms with van der Waals surface area (Å²) in [7, 11) is 4.32. The first kappa shape index (κ1) is 28.1. The second-order valence-corrected chi connectivity index (χ2v) is 8.99. The molecule has 11 heteroatoms. The summed E-state index contributed by atoms with van der Waals surface area (Å²) in [6, 6.07) is 0. The van der Waals surface area contributed by atoms with E-state index >= 15 is 0 Å². The number of rotatable bonds is 1. The Balaban J connectivity index is 0.000000391. The van der Waals surface area contributed by atoms with Crippen molar-refractivity contribution in [1.82, 2.24) is 25.1 Å². The van der Waals surface area contributed by atoms with Crippen molar-refractivity contribution in [1.29, 1.82) is 0 Å². The molecule has 0 spiro atoms. The molecule has 0 radical (unpaired) electrons. The Morgan fingerprint density at radius 1 is 0.889 bits per heavy atom. The first-order chi connectivity index (χ1) is 12.1. The van der Waals surface area contributed by atoms with Crippen LogP contribution < -0.4 is 63.8 Å². The molecule has 27 heavy (non-hydrogen) atoms. The summed E-state index contributed by atoms with van der Waals surface area (Å²) in [6.45, 7) is 9.28. The summed E-state index contributed by atoms with van der Waals surface area (Å²) < 4.78 is 0.947. The minimum atomic E-state index is 0. The molecule has 2 aliphatic heterocycles. The van der Waals surface area contributed by atoms with E-state index in [0.29, 0.717) is 0 Å². The fourth-order valence-corrected chi connectivity index (χ4v) is 3.85. The van der Waals surface area contributed by atoms with Crippen molar-refractivity contribution in [3.8, 4) is 0 Å². The number of nitrogens with one attached hydrogen (secondary N) is 1. The SMILES string of the molecule is Brc1nccs1.CN1CCN(c2nccs2)CC1.CN1CCNCC1.[I-].[Na+]. The largest absolute Gasteiger partial charge is 1.00 e. The number of aromatic nitrogens is 2. The van der Waals surface area contributed by atoms with Crippen LogP contribution in [0.15, 0.2) is 27.1 Å². The molecule has 4 rings (SSSR count). The Morgan fingerprint density at radius 2 is 1.44 bits per heavy atom. The summed E-state index contributed by atoms with van der Waals surface area (Å²) in [5.41, 5.74) is 0. The molecule has 2 aromatic rings. The minimum absolute atomic E-state index is 0. The van der Waals surface area contributed by atoms with E-state index in [0.717, 1.165) is 43.2 Å². The quantitative estimate of drug-likeness (QED) is 0.271. The zero-order valence-electron chi connectivity index (χ0n) is 16.3. The first-order valence-corrected chi connectivity index (χ1v) is 11.0. The van der Waals surface area contributed by atoms with Crippen molar-refractivity contribution in [2.45, 2.75) is 0 Å². The molecule has 1 N–H and O–H groups in total. The molecule has 2 fully saturated rings. The van der Waals surface area contributed by atoms with Crippen molar-refractivity contribution in [2.75, 3.05) is 71.4 Å². The summed E-state index contributed by atoms with van der Waals surface area (Å²) >= 11 is 6.50. The van der Waals surface area contributed by atoms with Crippen LogP contribution >= 0.6 is 38.6 Å². The fourth-order valence-electron chi connectivity index (χ4n) is 2.35. The predicted octanol–water partition coefficient (Wildman–Crippen LogP) is -3.67. The van der Waals surface area contributed by atoms with Gasteiger partial charge in [0.25, 0.3) is 0 Å². The van der Waals surface area contributed by atoms with Crippen LogP contribution in [-0.2, 0) is 0 Å². The number of halogens is 2.